The summed E-state index contributed by atoms with van der Waals surface area (Å²) in [6.07, 6.45) is 0.251. The van der Waals surface area contributed by atoms with Crippen molar-refractivity contribution in [3.8, 4) is 0 Å². The number of nitrogens with zero attached hydrogens (tertiary/aromatic N) is 2. The van der Waals surface area contributed by atoms with Crippen molar-refractivity contribution < 1.29 is 26.3 Å². The van der Waals surface area contributed by atoms with Gasteiger partial charge in [-0.3, -0.25) is 9.99 Å². The van der Waals surface area contributed by atoms with E-state index >= 15 is 0 Å². The predicted octanol–water partition coefficient (Wildman–Crippen LogP) is 5.13. The van der Waals surface area contributed by atoms with Gasteiger partial charge in [0.1, 0.15) is 5.82 Å². The van der Waals surface area contributed by atoms with Gasteiger partial charge in [0.15, 0.2) is 0 Å². The van der Waals surface area contributed by atoms with Crippen molar-refractivity contribution in [1.82, 2.24) is 15.4 Å². The molecule has 1 aromatic heterocycles. The Hall–Kier alpha value is -2.29. The Morgan fingerprint density at radius 3 is 2.50 bits per heavy atom. The summed E-state index contributed by atoms with van der Waals surface area (Å²) in [4.78, 5) is 3.80. The minimum atomic E-state index is -4.40. The highest BCUT2D eigenvalue weighted by Crippen LogP contribution is 2.39. The van der Waals surface area contributed by atoms with Gasteiger partial charge in [-0.25, -0.2) is 18.6 Å². The first kappa shape index (κ1) is 20.4. The Morgan fingerprint density at radius 1 is 1.21 bits per heavy atom. The Kier molecular flexibility index (Phi) is 5.31. The fourth-order valence-corrected chi connectivity index (χ4v) is 3.31. The lowest BCUT2D eigenvalue weighted by atomic mass is 9.96. The molecule has 0 amide bonds. The average Bonchev–Trinajstić information content (AvgIpc) is 2.97. The van der Waals surface area contributed by atoms with Gasteiger partial charge in [-0.1, -0.05) is 6.92 Å². The first-order valence-electron chi connectivity index (χ1n) is 8.79. The number of aromatic nitrogens is 1. The van der Waals surface area contributed by atoms with E-state index in [1.807, 2.05) is 0 Å². The number of fused-ring (bicyclic) bond motifs is 1. The Labute approximate surface area is 158 Å². The fraction of sp³-hybridized carbons (Fsp3) is 0.421. The SMILES string of the molecule is CCC1NN2C=CC(c3cnc(CCC(F)(F)F)c(F)c3)=CC2=C1C(C)(F)F. The molecule has 9 heteroatoms. The highest BCUT2D eigenvalue weighted by Gasteiger charge is 2.42. The summed E-state index contributed by atoms with van der Waals surface area (Å²) < 4.78 is 79.4. The van der Waals surface area contributed by atoms with Crippen LogP contribution in [0.2, 0.25) is 0 Å². The molecule has 0 aliphatic carbocycles. The maximum atomic E-state index is 14.2. The number of alkyl halides is 5. The van der Waals surface area contributed by atoms with Gasteiger partial charge < -0.3 is 0 Å². The van der Waals surface area contributed by atoms with E-state index in [9.17, 15) is 26.3 Å². The number of nitrogens with one attached hydrogen (secondary N) is 1. The van der Waals surface area contributed by atoms with Crippen molar-refractivity contribution in [3.63, 3.8) is 0 Å². The quantitative estimate of drug-likeness (QED) is 0.691. The summed E-state index contributed by atoms with van der Waals surface area (Å²) in [5, 5.41) is 1.49. The molecule has 1 atom stereocenters. The summed E-state index contributed by atoms with van der Waals surface area (Å²) in [7, 11) is 0. The molecule has 28 heavy (non-hydrogen) atoms. The van der Waals surface area contributed by atoms with E-state index in [1.165, 1.54) is 17.3 Å². The molecule has 3 nitrogen and oxygen atoms in total. The molecule has 0 bridgehead atoms. The Morgan fingerprint density at radius 2 is 1.93 bits per heavy atom. The summed E-state index contributed by atoms with van der Waals surface area (Å²) in [5.74, 6) is -3.90. The van der Waals surface area contributed by atoms with Crippen molar-refractivity contribution >= 4 is 5.57 Å². The van der Waals surface area contributed by atoms with E-state index in [-0.39, 0.29) is 17.0 Å². The lowest BCUT2D eigenvalue weighted by Crippen LogP contribution is -2.35. The van der Waals surface area contributed by atoms with Gasteiger partial charge in [-0.2, -0.15) is 13.2 Å². The molecule has 0 saturated carbocycles. The molecule has 3 rings (SSSR count). The zero-order valence-electron chi connectivity index (χ0n) is 15.2. The van der Waals surface area contributed by atoms with Gasteiger partial charge in [-0.15, -0.1) is 0 Å². The van der Waals surface area contributed by atoms with Crippen LogP contribution in [0.5, 0.6) is 0 Å². The summed E-state index contributed by atoms with van der Waals surface area (Å²) in [5.41, 5.74) is 3.65. The average molecular weight is 403 g/mol. The monoisotopic (exact) mass is 403 g/mol. The van der Waals surface area contributed by atoms with Crippen LogP contribution in [0.1, 0.15) is 37.9 Å². The van der Waals surface area contributed by atoms with Crippen molar-refractivity contribution in [2.75, 3.05) is 0 Å². The normalized spacial score (nSPS) is 19.9. The zero-order valence-corrected chi connectivity index (χ0v) is 15.2. The topological polar surface area (TPSA) is 28.2 Å². The second kappa shape index (κ2) is 7.27. The van der Waals surface area contributed by atoms with E-state index in [2.05, 4.69) is 10.4 Å². The molecule has 3 heterocycles. The molecular formula is C19H19F6N3. The molecule has 0 aromatic carbocycles. The van der Waals surface area contributed by atoms with Crippen LogP contribution in [0.15, 0.2) is 41.9 Å². The maximum Gasteiger partial charge on any atom is 0.389 e. The lowest BCUT2D eigenvalue weighted by Gasteiger charge is -2.21. The third-order valence-electron chi connectivity index (χ3n) is 4.65. The van der Waals surface area contributed by atoms with Crippen LogP contribution >= 0.6 is 0 Å². The standard InChI is InChI=1S/C19H19F6N3/c1-3-14-17(18(2,21)22)16-9-11(5-7-28(16)27-14)12-8-13(20)15(26-10-12)4-6-19(23,24)25/h5,7-10,14,27H,3-4,6H2,1-2H3. The highest BCUT2D eigenvalue weighted by atomic mass is 19.4. The smallest absolute Gasteiger partial charge is 0.283 e. The van der Waals surface area contributed by atoms with Crippen LogP contribution in [0.4, 0.5) is 26.3 Å². The van der Waals surface area contributed by atoms with Crippen LogP contribution in [0.3, 0.4) is 0 Å². The second-order valence-electron chi connectivity index (χ2n) is 6.83. The molecule has 2 aliphatic rings. The highest BCUT2D eigenvalue weighted by molar-refractivity contribution is 5.77. The maximum absolute atomic E-state index is 14.2. The van der Waals surface area contributed by atoms with E-state index in [4.69, 9.17) is 0 Å². The minimum Gasteiger partial charge on any atom is -0.283 e. The molecule has 1 unspecified atom stereocenters. The largest absolute Gasteiger partial charge is 0.389 e. The van der Waals surface area contributed by atoms with E-state index in [0.29, 0.717) is 17.6 Å². The number of hydrogen-bond donors (Lipinski definition) is 1. The number of allylic oxidation sites excluding steroid dienone is 3. The van der Waals surface area contributed by atoms with Crippen molar-refractivity contribution in [3.05, 3.63) is 59.0 Å². The first-order chi connectivity index (χ1) is 13.0. The van der Waals surface area contributed by atoms with Crippen LogP contribution in [-0.2, 0) is 6.42 Å². The number of halogens is 6. The molecule has 0 radical (unpaired) electrons. The molecule has 0 fully saturated rings. The summed E-state index contributed by atoms with van der Waals surface area (Å²) in [6, 6.07) is 0.545. The predicted molar refractivity (Wildman–Crippen MR) is 92.4 cm³/mol. The fourth-order valence-electron chi connectivity index (χ4n) is 3.31. The molecule has 2 aliphatic heterocycles. The molecule has 152 valence electrons. The van der Waals surface area contributed by atoms with E-state index in [1.54, 1.807) is 19.2 Å². The van der Waals surface area contributed by atoms with Gasteiger partial charge >= 0.3 is 6.18 Å². The van der Waals surface area contributed by atoms with Crippen LogP contribution in [-0.4, -0.2) is 28.1 Å². The van der Waals surface area contributed by atoms with Crippen LogP contribution in [0.25, 0.3) is 5.57 Å². The van der Waals surface area contributed by atoms with Gasteiger partial charge in [0, 0.05) is 43.3 Å². The number of rotatable bonds is 5. The van der Waals surface area contributed by atoms with Crippen LogP contribution in [0, 0.1) is 5.82 Å². The summed E-state index contributed by atoms with van der Waals surface area (Å²) >= 11 is 0. The number of aryl methyl sites for hydroxylation is 1. The molecule has 1 N–H and O–H groups in total. The first-order valence-corrected chi connectivity index (χ1v) is 8.79. The van der Waals surface area contributed by atoms with E-state index < -0.39 is 36.8 Å². The second-order valence-corrected chi connectivity index (χ2v) is 6.83. The van der Waals surface area contributed by atoms with Gasteiger partial charge in [0.2, 0.25) is 0 Å². The van der Waals surface area contributed by atoms with Crippen molar-refractivity contribution in [2.24, 2.45) is 0 Å². The van der Waals surface area contributed by atoms with Gasteiger partial charge in [-0.05, 0) is 30.2 Å². The summed E-state index contributed by atoms with van der Waals surface area (Å²) in [6.45, 7) is 2.61. The Bertz CT molecular complexity index is 848. The third-order valence-corrected chi connectivity index (χ3v) is 4.65. The molecular weight excluding hydrogens is 384 g/mol. The van der Waals surface area contributed by atoms with Crippen LogP contribution < -0.4 is 5.43 Å². The third kappa shape index (κ3) is 4.24. The minimum absolute atomic E-state index is 0.0629. The molecule has 0 spiro atoms. The van der Waals surface area contributed by atoms with Gasteiger partial charge in [0.05, 0.1) is 17.4 Å². The van der Waals surface area contributed by atoms with Crippen molar-refractivity contribution in [2.45, 2.75) is 51.3 Å². The zero-order chi connectivity index (χ0) is 20.7. The lowest BCUT2D eigenvalue weighted by molar-refractivity contribution is -0.134. The van der Waals surface area contributed by atoms with Gasteiger partial charge in [0.25, 0.3) is 5.92 Å². The van der Waals surface area contributed by atoms with E-state index in [0.717, 1.165) is 13.0 Å². The molecule has 0 saturated heterocycles. The Balaban J connectivity index is 1.92. The number of pyridine rings is 1. The number of hydrazine groups is 1. The number of hydrogen-bond acceptors (Lipinski definition) is 3. The van der Waals surface area contributed by atoms with Crippen molar-refractivity contribution in [1.29, 1.82) is 0 Å². The molecule has 1 aromatic rings.